The van der Waals surface area contributed by atoms with Gasteiger partial charge in [0.05, 0.1) is 11.6 Å². The van der Waals surface area contributed by atoms with Gasteiger partial charge >= 0.3 is 0 Å². The van der Waals surface area contributed by atoms with Crippen LogP contribution in [0, 0.1) is 0 Å². The van der Waals surface area contributed by atoms with Gasteiger partial charge in [0, 0.05) is 53.4 Å². The number of benzene rings is 6. The lowest BCUT2D eigenvalue weighted by atomic mass is 9.87. The van der Waals surface area contributed by atoms with Gasteiger partial charge in [0.2, 0.25) is 0 Å². The van der Waals surface area contributed by atoms with Crippen molar-refractivity contribution in [3.63, 3.8) is 0 Å². The van der Waals surface area contributed by atoms with Gasteiger partial charge in [-0.2, -0.15) is 0 Å². The summed E-state index contributed by atoms with van der Waals surface area (Å²) in [5, 5.41) is 12.1. The third kappa shape index (κ3) is 7.11. The molecule has 1 atom stereocenters. The van der Waals surface area contributed by atoms with Gasteiger partial charge < -0.3 is 20.5 Å². The van der Waals surface area contributed by atoms with Crippen LogP contribution in [0.1, 0.15) is 53.3 Å². The van der Waals surface area contributed by atoms with Gasteiger partial charge in [0.25, 0.3) is 0 Å². The molecular weight excluding hydrogens is 693 g/mol. The molecule has 0 bridgehead atoms. The van der Waals surface area contributed by atoms with Gasteiger partial charge in [-0.3, -0.25) is 0 Å². The number of allylic oxidation sites excluding steroid dienone is 4. The average Bonchev–Trinajstić information content (AvgIpc) is 3.62. The number of anilines is 1. The molecular formula is C53H48N4. The molecule has 1 aromatic heterocycles. The molecule has 6 aromatic carbocycles. The van der Waals surface area contributed by atoms with E-state index in [1.165, 1.54) is 83.6 Å². The molecule has 0 saturated heterocycles. The molecule has 1 heterocycles. The third-order valence-electron chi connectivity index (χ3n) is 11.5. The topological polar surface area (TPSA) is 41.0 Å². The van der Waals surface area contributed by atoms with Crippen molar-refractivity contribution in [3.8, 4) is 27.9 Å². The summed E-state index contributed by atoms with van der Waals surface area (Å²) >= 11 is 0. The first-order chi connectivity index (χ1) is 28.2. The van der Waals surface area contributed by atoms with E-state index in [2.05, 4.69) is 196 Å². The van der Waals surface area contributed by atoms with E-state index in [1.54, 1.807) is 0 Å². The van der Waals surface area contributed by atoms with Crippen molar-refractivity contribution < 1.29 is 0 Å². The Morgan fingerprint density at radius 3 is 2.23 bits per heavy atom. The molecule has 280 valence electrons. The molecule has 7 aromatic rings. The van der Waals surface area contributed by atoms with Crippen molar-refractivity contribution in [2.45, 2.75) is 31.7 Å². The lowest BCUT2D eigenvalue weighted by molar-refractivity contribution is 0.897. The number of fused-ring (bicyclic) bond motifs is 3. The molecule has 2 aliphatic carbocycles. The first kappa shape index (κ1) is 35.9. The van der Waals surface area contributed by atoms with Gasteiger partial charge in [0.15, 0.2) is 0 Å². The minimum atomic E-state index is -0.100. The van der Waals surface area contributed by atoms with Gasteiger partial charge in [-0.15, -0.1) is 0 Å². The number of rotatable bonds is 11. The quantitative estimate of drug-likeness (QED) is 0.124. The summed E-state index contributed by atoms with van der Waals surface area (Å²) in [4.78, 5) is 0. The second-order valence-electron chi connectivity index (χ2n) is 14.9. The van der Waals surface area contributed by atoms with Crippen LogP contribution in [-0.2, 0) is 6.42 Å². The zero-order chi connectivity index (χ0) is 38.6. The van der Waals surface area contributed by atoms with E-state index in [4.69, 9.17) is 0 Å². The number of aromatic nitrogens is 1. The Bertz CT molecular complexity index is 2680. The van der Waals surface area contributed by atoms with Crippen LogP contribution in [-0.4, -0.2) is 18.7 Å². The van der Waals surface area contributed by atoms with Gasteiger partial charge in [0.1, 0.15) is 0 Å². The van der Waals surface area contributed by atoms with Crippen LogP contribution in [0.4, 0.5) is 5.69 Å². The van der Waals surface area contributed by atoms with E-state index in [0.717, 1.165) is 31.4 Å². The van der Waals surface area contributed by atoms with Crippen LogP contribution in [0.2, 0.25) is 0 Å². The monoisotopic (exact) mass is 740 g/mol. The van der Waals surface area contributed by atoms with Crippen LogP contribution in [0.5, 0.6) is 0 Å². The van der Waals surface area contributed by atoms with Crippen LogP contribution >= 0.6 is 0 Å². The SMILES string of the molecule is CN/C=C\C(Nc1ccc(C2=Cc3c(n(-c4ccccc4)c4ccccc34)CC2)cc1C1=C(NC)C=CCC1)c1ccccc1-c1cccc(-c2ccccc2)c1. The highest BCUT2D eigenvalue weighted by atomic mass is 15.0. The highest BCUT2D eigenvalue weighted by Gasteiger charge is 2.24. The smallest absolute Gasteiger partial charge is 0.0720 e. The molecule has 0 saturated carbocycles. The maximum Gasteiger partial charge on any atom is 0.0720 e. The second kappa shape index (κ2) is 16.1. The zero-order valence-electron chi connectivity index (χ0n) is 32.7. The highest BCUT2D eigenvalue weighted by Crippen LogP contribution is 2.42. The number of hydrogen-bond donors (Lipinski definition) is 3. The van der Waals surface area contributed by atoms with Crippen LogP contribution in [0.15, 0.2) is 182 Å². The minimum Gasteiger partial charge on any atom is -0.394 e. The Hall–Kier alpha value is -6.78. The molecule has 0 aliphatic heterocycles. The van der Waals surface area contributed by atoms with E-state index in [1.807, 2.05) is 20.3 Å². The lowest BCUT2D eigenvalue weighted by Crippen LogP contribution is -2.14. The van der Waals surface area contributed by atoms with Crippen molar-refractivity contribution in [2.75, 3.05) is 19.4 Å². The largest absolute Gasteiger partial charge is 0.394 e. The first-order valence-corrected chi connectivity index (χ1v) is 20.2. The van der Waals surface area contributed by atoms with Crippen molar-refractivity contribution in [1.82, 2.24) is 15.2 Å². The molecule has 4 heteroatoms. The number of nitrogens with zero attached hydrogens (tertiary/aromatic N) is 1. The fraction of sp³-hybridized carbons (Fsp3) is 0.132. The lowest BCUT2D eigenvalue weighted by Gasteiger charge is -2.26. The number of para-hydroxylation sites is 2. The number of hydrogen-bond acceptors (Lipinski definition) is 3. The molecule has 0 spiro atoms. The van der Waals surface area contributed by atoms with Gasteiger partial charge in [-0.25, -0.2) is 0 Å². The molecule has 1 unspecified atom stereocenters. The summed E-state index contributed by atoms with van der Waals surface area (Å²) in [7, 11) is 4.00. The average molecular weight is 741 g/mol. The summed E-state index contributed by atoms with van der Waals surface area (Å²) in [6.45, 7) is 0. The van der Waals surface area contributed by atoms with Crippen molar-refractivity contribution in [2.24, 2.45) is 0 Å². The summed E-state index contributed by atoms with van der Waals surface area (Å²) in [6, 6.07) is 54.9. The van der Waals surface area contributed by atoms with Crippen LogP contribution in [0.3, 0.4) is 0 Å². The normalized spacial score (nSPS) is 14.4. The van der Waals surface area contributed by atoms with E-state index < -0.39 is 0 Å². The van der Waals surface area contributed by atoms with E-state index in [-0.39, 0.29) is 6.04 Å². The van der Waals surface area contributed by atoms with Crippen molar-refractivity contribution in [1.29, 1.82) is 0 Å². The van der Waals surface area contributed by atoms with Crippen molar-refractivity contribution in [3.05, 3.63) is 210 Å². The van der Waals surface area contributed by atoms with Crippen molar-refractivity contribution >= 4 is 33.8 Å². The summed E-state index contributed by atoms with van der Waals surface area (Å²) in [5.74, 6) is 0. The Labute approximate surface area is 336 Å². The summed E-state index contributed by atoms with van der Waals surface area (Å²) in [6.07, 6.45) is 15.2. The molecule has 2 aliphatic rings. The maximum absolute atomic E-state index is 4.05. The molecule has 0 amide bonds. The molecule has 57 heavy (non-hydrogen) atoms. The van der Waals surface area contributed by atoms with Crippen LogP contribution in [0.25, 0.3) is 56.1 Å². The number of likely N-dealkylation sites (N-methyl/N-ethyl adjacent to an activating group) is 1. The Kier molecular flexibility index (Phi) is 10.2. The van der Waals surface area contributed by atoms with E-state index in [0.29, 0.717) is 0 Å². The fourth-order valence-electron chi connectivity index (χ4n) is 8.74. The molecule has 9 rings (SSSR count). The highest BCUT2D eigenvalue weighted by molar-refractivity contribution is 5.99. The van der Waals surface area contributed by atoms with Gasteiger partial charge in [-0.1, -0.05) is 121 Å². The van der Waals surface area contributed by atoms with E-state index >= 15 is 0 Å². The third-order valence-corrected chi connectivity index (χ3v) is 11.5. The fourth-order valence-corrected chi connectivity index (χ4v) is 8.74. The minimum absolute atomic E-state index is 0.100. The Morgan fingerprint density at radius 1 is 0.632 bits per heavy atom. The summed E-state index contributed by atoms with van der Waals surface area (Å²) in [5.41, 5.74) is 18.8. The standard InChI is InChI=1S/C53H48N4/c1-54-33-32-51(44-23-10-9-22-43(44)41-19-15-18-38(34-41)37-16-5-3-6-17-37)56-50-30-28-39(35-47(50)45-24-11-13-26-49(45)55-2)40-29-31-53-48(36-40)46-25-12-14-27-52(46)57(53)42-20-7-4-8-21-42/h3-10,12-23,25-28,30,32-36,51,54-56H,11,24,29,31H2,1-2H3/b33-32-. The number of nitrogens with one attached hydrogen (secondary N) is 3. The molecule has 0 fully saturated rings. The molecule has 0 radical (unpaired) electrons. The zero-order valence-corrected chi connectivity index (χ0v) is 32.7. The van der Waals surface area contributed by atoms with Gasteiger partial charge in [-0.05, 0) is 131 Å². The predicted molar refractivity (Wildman–Crippen MR) is 242 cm³/mol. The first-order valence-electron chi connectivity index (χ1n) is 20.2. The predicted octanol–water partition coefficient (Wildman–Crippen LogP) is 12.6. The Balaban J connectivity index is 1.14. The molecule has 3 N–H and O–H groups in total. The van der Waals surface area contributed by atoms with E-state index in [9.17, 15) is 0 Å². The Morgan fingerprint density at radius 2 is 1.39 bits per heavy atom. The summed E-state index contributed by atoms with van der Waals surface area (Å²) < 4.78 is 2.46. The van der Waals surface area contributed by atoms with Crippen LogP contribution < -0.4 is 16.0 Å². The second-order valence-corrected chi connectivity index (χ2v) is 14.9. The molecule has 4 nitrogen and oxygen atoms in total. The maximum atomic E-state index is 4.05.